The molecule has 0 N–H and O–H groups in total. The second-order valence-corrected chi connectivity index (χ2v) is 2.05. The first kappa shape index (κ1) is 15.3. The smallest absolute Gasteiger partial charge is 0.999 e. The van der Waals surface area contributed by atoms with Gasteiger partial charge >= 0.3 is 36.9 Å². The Labute approximate surface area is 127 Å². The Morgan fingerprint density at radius 1 is 0.375 bits per heavy atom. The van der Waals surface area contributed by atoms with E-state index in [1.54, 1.807) is 18.2 Å². The van der Waals surface area contributed by atoms with Gasteiger partial charge in [-0.15, -0.1) is 0 Å². The van der Waals surface area contributed by atoms with Crippen molar-refractivity contribution in [3.63, 3.8) is 0 Å². The molecule has 0 saturated carbocycles. The summed E-state index contributed by atoms with van der Waals surface area (Å²) in [5.74, 6) is 0. The molecule has 3 rings (SSSR count). The van der Waals surface area contributed by atoms with E-state index in [1.807, 2.05) is 0 Å². The van der Waals surface area contributed by atoms with E-state index in [0.29, 0.717) is 0 Å². The molecule has 88 valence electrons. The monoisotopic (exact) mass is 352 g/mol. The normalized spacial score (nSPS) is 7.50. The van der Waals surface area contributed by atoms with Crippen LogP contribution in [0.1, 0.15) is 0 Å². The van der Waals surface area contributed by atoms with Gasteiger partial charge in [-0.1, -0.05) is 0 Å². The zero-order valence-electron chi connectivity index (χ0n) is 8.01. The summed E-state index contributed by atoms with van der Waals surface area (Å²) in [7, 11) is 0. The van der Waals surface area contributed by atoms with Gasteiger partial charge in [-0.05, 0) is 0 Å². The average molecular weight is 352 g/mol. The molecule has 0 aliphatic carbocycles. The van der Waals surface area contributed by atoms with Gasteiger partial charge in [0.1, 0.15) is 0 Å². The zero-order valence-corrected chi connectivity index (χ0v) is 9.79. The van der Waals surface area contributed by atoms with Crippen LogP contribution in [0.25, 0.3) is 0 Å². The van der Waals surface area contributed by atoms with Crippen LogP contribution in [-0.4, -0.2) is 0 Å². The summed E-state index contributed by atoms with van der Waals surface area (Å²) < 4.78 is 0. The van der Waals surface area contributed by atoms with E-state index < -0.39 is 0 Å². The molecule has 0 amide bonds. The zero-order chi connectivity index (χ0) is 10.6. The topological polar surface area (TPSA) is 0 Å². The average Bonchev–Trinajstić information content (AvgIpc) is 3.09. The van der Waals surface area contributed by atoms with E-state index in [2.05, 4.69) is 72.8 Å². The third-order valence-electron chi connectivity index (χ3n) is 1.05. The molecule has 0 saturated heterocycles. The maximum absolute atomic E-state index is 2.62. The van der Waals surface area contributed by atoms with Crippen molar-refractivity contribution < 1.29 is 36.9 Å². The number of rotatable bonds is 0. The molecule has 0 spiro atoms. The number of hydrogen-bond donors (Lipinski definition) is 0. The van der Waals surface area contributed by atoms with Gasteiger partial charge in [-0.2, -0.15) is 0 Å². The minimum atomic E-state index is 0. The van der Waals surface area contributed by atoms with Crippen LogP contribution in [0.4, 0.5) is 0 Å². The van der Waals surface area contributed by atoms with Crippen molar-refractivity contribution in [3.8, 4) is 0 Å². The van der Waals surface area contributed by atoms with Crippen LogP contribution in [-0.2, 0) is 0 Å². The molecule has 0 nitrogen and oxygen atoms in total. The van der Waals surface area contributed by atoms with Crippen molar-refractivity contribution in [1.29, 1.82) is 0 Å². The van der Waals surface area contributed by atoms with Gasteiger partial charge in [0.25, 0.3) is 0 Å². The van der Waals surface area contributed by atoms with Crippen LogP contribution in [0.3, 0.4) is 0 Å². The summed E-state index contributed by atoms with van der Waals surface area (Å²) in [5, 5.41) is 0. The molecule has 16 heavy (non-hydrogen) atoms. The first-order valence-electron chi connectivity index (χ1n) is 3.98. The molecule has 0 aliphatic rings. The predicted octanol–water partition coefficient (Wildman–Crippen LogP) is 1.82. The minimum absolute atomic E-state index is 0. The van der Waals surface area contributed by atoms with E-state index in [4.69, 9.17) is 0 Å². The Morgan fingerprint density at radius 3 is 0.625 bits per heavy atom. The van der Waals surface area contributed by atoms with Gasteiger partial charge in [-0.3, -0.25) is 0 Å². The fraction of sp³-hybridized carbons (Fsp3) is 0. The molecule has 3 aromatic rings. The molecule has 0 radical (unpaired) electrons. The molecule has 0 atom stereocenters. The van der Waals surface area contributed by atoms with E-state index in [-0.39, 0.29) is 36.9 Å². The molecule has 0 unspecified atom stereocenters. The summed E-state index contributed by atoms with van der Waals surface area (Å²) in [6.07, 6.45) is 0. The van der Waals surface area contributed by atoms with Gasteiger partial charge < -0.3 is 91.0 Å². The van der Waals surface area contributed by atoms with Gasteiger partial charge in [0.15, 0.2) is 0 Å². The maximum atomic E-state index is 2.62. The second kappa shape index (κ2) is 12.4. The Bertz CT molecular complexity index is 237. The quantitative estimate of drug-likeness (QED) is 0.542. The fourth-order valence-corrected chi connectivity index (χ4v) is 0.541. The summed E-state index contributed by atoms with van der Waals surface area (Å²) >= 11 is 0. The molecular weight excluding hydrogens is 349 g/mol. The third kappa shape index (κ3) is 9.82. The first-order valence-corrected chi connectivity index (χ1v) is 3.98. The van der Waals surface area contributed by atoms with Crippen molar-refractivity contribution >= 4 is 0 Å². The Morgan fingerprint density at radius 2 is 0.562 bits per heavy atom. The van der Waals surface area contributed by atoms with Crippen LogP contribution in [0.2, 0.25) is 0 Å². The van der Waals surface area contributed by atoms with Crippen molar-refractivity contribution in [2.45, 2.75) is 0 Å². The SMILES string of the molecule is [Tm+3].[c-]1[c-][c-][cH-][c-]1.[c-]1[c-][c-][cH-][c-]1.[c-]1[c-][c-][cH-][c-]1. The molecule has 0 heterocycles. The molecule has 0 aromatic heterocycles. The van der Waals surface area contributed by atoms with E-state index in [1.165, 1.54) is 0 Å². The van der Waals surface area contributed by atoms with Gasteiger partial charge in [0, 0.05) is 0 Å². The van der Waals surface area contributed by atoms with Crippen molar-refractivity contribution in [2.24, 2.45) is 0 Å². The van der Waals surface area contributed by atoms with Crippen molar-refractivity contribution in [1.82, 2.24) is 0 Å². The van der Waals surface area contributed by atoms with E-state index in [0.717, 1.165) is 0 Å². The van der Waals surface area contributed by atoms with Crippen molar-refractivity contribution in [3.05, 3.63) is 91.0 Å². The molecule has 1 heteroatoms. The summed E-state index contributed by atoms with van der Waals surface area (Å²) in [5.41, 5.74) is 0. The standard InChI is InChI=1S/3C5H.Tm/c3*1-2-4-5-3-1;/h3*1H;/q3*-5;+3. The summed E-state index contributed by atoms with van der Waals surface area (Å²) in [6, 6.07) is 36.0. The molecular formula is C15H3Tm-12. The Balaban J connectivity index is 0.000000205. The van der Waals surface area contributed by atoms with Crippen LogP contribution in [0.15, 0.2) is 18.2 Å². The largest absolute Gasteiger partial charge is 3.00 e. The van der Waals surface area contributed by atoms with E-state index >= 15 is 0 Å². The van der Waals surface area contributed by atoms with Crippen LogP contribution in [0.5, 0.6) is 0 Å². The van der Waals surface area contributed by atoms with Crippen molar-refractivity contribution in [2.75, 3.05) is 0 Å². The first-order chi connectivity index (χ1) is 7.50. The molecule has 0 bridgehead atoms. The molecule has 3 aromatic carbocycles. The fourth-order valence-electron chi connectivity index (χ4n) is 0.541. The van der Waals surface area contributed by atoms with Crippen LogP contribution < -0.4 is 0 Å². The second-order valence-electron chi connectivity index (χ2n) is 2.05. The van der Waals surface area contributed by atoms with Gasteiger partial charge in [-0.25, -0.2) is 0 Å². The van der Waals surface area contributed by atoms with Gasteiger partial charge in [0.2, 0.25) is 0 Å². The Kier molecular flexibility index (Phi) is 11.8. The van der Waals surface area contributed by atoms with Gasteiger partial charge in [0.05, 0.1) is 0 Å². The molecule has 0 fully saturated rings. The van der Waals surface area contributed by atoms with Crippen LogP contribution in [0, 0.1) is 110 Å². The Hall–Kier alpha value is -0.716. The maximum Gasteiger partial charge on any atom is 3.00 e. The summed E-state index contributed by atoms with van der Waals surface area (Å²) in [4.78, 5) is 0. The van der Waals surface area contributed by atoms with E-state index in [9.17, 15) is 0 Å². The third-order valence-corrected chi connectivity index (χ3v) is 1.05. The predicted molar refractivity (Wildman–Crippen MR) is 52.1 cm³/mol. The summed E-state index contributed by atoms with van der Waals surface area (Å²) in [6.45, 7) is 0. The van der Waals surface area contributed by atoms with Crippen LogP contribution >= 0.6 is 0 Å². The molecule has 0 aliphatic heterocycles. The number of hydrogen-bond acceptors (Lipinski definition) is 0. The minimum Gasteiger partial charge on any atom is -0.999 e.